The van der Waals surface area contributed by atoms with Crippen molar-refractivity contribution in [3.05, 3.63) is 34.7 Å². The van der Waals surface area contributed by atoms with Crippen LogP contribution in [-0.2, 0) is 19.4 Å². The first kappa shape index (κ1) is 14.0. The summed E-state index contributed by atoms with van der Waals surface area (Å²) in [4.78, 5) is 4.10. The zero-order valence-corrected chi connectivity index (χ0v) is 11.9. The van der Waals surface area contributed by atoms with Gasteiger partial charge in [-0.1, -0.05) is 13.8 Å². The Bertz CT molecular complexity index is 641. The van der Waals surface area contributed by atoms with E-state index in [1.165, 1.54) is 0 Å². The first-order chi connectivity index (χ1) is 9.69. The molecule has 0 amide bonds. The minimum absolute atomic E-state index is 0.381. The molecule has 0 spiro atoms. The number of nitriles is 1. The Morgan fingerprint density at radius 3 is 2.65 bits per heavy atom. The van der Waals surface area contributed by atoms with Gasteiger partial charge in [0.15, 0.2) is 5.82 Å². The molecule has 0 aliphatic heterocycles. The zero-order chi connectivity index (χ0) is 14.5. The fourth-order valence-electron chi connectivity index (χ4n) is 2.06. The summed E-state index contributed by atoms with van der Waals surface area (Å²) in [5.74, 6) is 1.80. The number of nitrogens with one attached hydrogen (secondary N) is 1. The van der Waals surface area contributed by atoms with E-state index in [1.54, 1.807) is 6.20 Å². The van der Waals surface area contributed by atoms with E-state index in [0.29, 0.717) is 23.8 Å². The molecular formula is C14H17N5O. The van der Waals surface area contributed by atoms with E-state index < -0.39 is 0 Å². The Kier molecular flexibility index (Phi) is 4.31. The summed E-state index contributed by atoms with van der Waals surface area (Å²) >= 11 is 0. The quantitative estimate of drug-likeness (QED) is 0.898. The van der Waals surface area contributed by atoms with E-state index in [9.17, 15) is 5.26 Å². The van der Waals surface area contributed by atoms with Crippen LogP contribution in [0, 0.1) is 18.3 Å². The molecule has 0 saturated heterocycles. The monoisotopic (exact) mass is 271 g/mol. The largest absolute Gasteiger partial charge is 0.444 e. The number of hydrogen-bond acceptors (Lipinski definition) is 6. The molecule has 2 aromatic heterocycles. The molecule has 6 heteroatoms. The topological polar surface area (TPSA) is 87.6 Å². The van der Waals surface area contributed by atoms with Gasteiger partial charge in [0.1, 0.15) is 17.4 Å². The van der Waals surface area contributed by atoms with Crippen molar-refractivity contribution in [2.45, 2.75) is 40.2 Å². The van der Waals surface area contributed by atoms with Gasteiger partial charge in [-0.25, -0.2) is 4.98 Å². The second-order valence-corrected chi connectivity index (χ2v) is 4.39. The van der Waals surface area contributed by atoms with E-state index in [4.69, 9.17) is 4.42 Å². The van der Waals surface area contributed by atoms with Crippen LogP contribution in [0.5, 0.6) is 0 Å². The fourth-order valence-corrected chi connectivity index (χ4v) is 2.06. The van der Waals surface area contributed by atoms with Crippen LogP contribution >= 0.6 is 0 Å². The Morgan fingerprint density at radius 1 is 1.30 bits per heavy atom. The Hall–Kier alpha value is -2.42. The SMILES string of the molecule is CCc1nnc(NCc2ncc(C)o2)c(C#N)c1CC. The smallest absolute Gasteiger partial charge is 0.213 e. The van der Waals surface area contributed by atoms with E-state index in [2.05, 4.69) is 26.6 Å². The second kappa shape index (κ2) is 6.15. The molecule has 2 heterocycles. The average molecular weight is 271 g/mol. The van der Waals surface area contributed by atoms with Gasteiger partial charge < -0.3 is 9.73 Å². The number of hydrogen-bond donors (Lipinski definition) is 1. The van der Waals surface area contributed by atoms with E-state index in [0.717, 1.165) is 29.9 Å². The molecular weight excluding hydrogens is 254 g/mol. The van der Waals surface area contributed by atoms with Gasteiger partial charge in [-0.05, 0) is 25.3 Å². The second-order valence-electron chi connectivity index (χ2n) is 4.39. The lowest BCUT2D eigenvalue weighted by atomic mass is 10.0. The molecule has 1 N–H and O–H groups in total. The van der Waals surface area contributed by atoms with Gasteiger partial charge in [0.25, 0.3) is 0 Å². The maximum Gasteiger partial charge on any atom is 0.213 e. The van der Waals surface area contributed by atoms with E-state index >= 15 is 0 Å². The molecule has 20 heavy (non-hydrogen) atoms. The highest BCUT2D eigenvalue weighted by molar-refractivity contribution is 5.56. The van der Waals surface area contributed by atoms with Crippen LogP contribution in [-0.4, -0.2) is 15.2 Å². The minimum Gasteiger partial charge on any atom is -0.444 e. The van der Waals surface area contributed by atoms with Crippen LogP contribution in [0.15, 0.2) is 10.6 Å². The molecule has 0 aliphatic carbocycles. The molecule has 2 rings (SSSR count). The third-order valence-corrected chi connectivity index (χ3v) is 3.03. The lowest BCUT2D eigenvalue weighted by Gasteiger charge is -2.10. The van der Waals surface area contributed by atoms with Crippen molar-refractivity contribution in [1.82, 2.24) is 15.2 Å². The molecule has 0 unspecified atom stereocenters. The number of nitrogens with zero attached hydrogens (tertiary/aromatic N) is 4. The van der Waals surface area contributed by atoms with Crippen molar-refractivity contribution in [1.29, 1.82) is 5.26 Å². The Labute approximate surface area is 117 Å². The summed E-state index contributed by atoms with van der Waals surface area (Å²) < 4.78 is 5.38. The molecule has 2 aromatic rings. The summed E-state index contributed by atoms with van der Waals surface area (Å²) in [6, 6.07) is 2.22. The van der Waals surface area contributed by atoms with Gasteiger partial charge in [0.2, 0.25) is 5.89 Å². The van der Waals surface area contributed by atoms with Crippen molar-refractivity contribution in [3.8, 4) is 6.07 Å². The molecule has 0 atom stereocenters. The highest BCUT2D eigenvalue weighted by Gasteiger charge is 2.14. The lowest BCUT2D eigenvalue weighted by molar-refractivity contribution is 0.478. The summed E-state index contributed by atoms with van der Waals surface area (Å²) in [6.45, 7) is 6.24. The Balaban J connectivity index is 2.25. The Morgan fingerprint density at radius 2 is 2.10 bits per heavy atom. The third-order valence-electron chi connectivity index (χ3n) is 3.03. The molecule has 0 fully saturated rings. The predicted octanol–water partition coefficient (Wildman–Crippen LogP) is 2.38. The standard InChI is InChI=1S/C14H17N5O/c1-4-10-11(6-15)14(19-18-12(10)5-2)17-8-13-16-7-9(3)20-13/h7H,4-5,8H2,1-3H3,(H,17,19). The maximum absolute atomic E-state index is 9.35. The summed E-state index contributed by atoms with van der Waals surface area (Å²) in [6.07, 6.45) is 3.18. The fraction of sp³-hybridized carbons (Fsp3) is 0.429. The minimum atomic E-state index is 0.381. The average Bonchev–Trinajstić information content (AvgIpc) is 2.89. The van der Waals surface area contributed by atoms with Crippen LogP contribution in [0.3, 0.4) is 0 Å². The van der Waals surface area contributed by atoms with Crippen LogP contribution in [0.2, 0.25) is 0 Å². The van der Waals surface area contributed by atoms with E-state index in [-0.39, 0.29) is 0 Å². The van der Waals surface area contributed by atoms with E-state index in [1.807, 2.05) is 20.8 Å². The number of aromatic nitrogens is 3. The van der Waals surface area contributed by atoms with Crippen molar-refractivity contribution in [3.63, 3.8) is 0 Å². The van der Waals surface area contributed by atoms with Crippen molar-refractivity contribution >= 4 is 5.82 Å². The molecule has 104 valence electrons. The summed E-state index contributed by atoms with van der Waals surface area (Å²) in [7, 11) is 0. The predicted molar refractivity (Wildman–Crippen MR) is 74.1 cm³/mol. The number of oxazole rings is 1. The first-order valence-electron chi connectivity index (χ1n) is 6.63. The summed E-state index contributed by atoms with van der Waals surface area (Å²) in [5, 5.41) is 20.7. The number of anilines is 1. The molecule has 0 aromatic carbocycles. The van der Waals surface area contributed by atoms with Gasteiger partial charge in [-0.15, -0.1) is 5.10 Å². The third kappa shape index (κ3) is 2.77. The highest BCUT2D eigenvalue weighted by atomic mass is 16.4. The number of rotatable bonds is 5. The normalized spacial score (nSPS) is 10.3. The maximum atomic E-state index is 9.35. The lowest BCUT2D eigenvalue weighted by Crippen LogP contribution is -2.10. The summed E-state index contributed by atoms with van der Waals surface area (Å²) in [5.41, 5.74) is 2.39. The molecule has 0 radical (unpaired) electrons. The van der Waals surface area contributed by atoms with Crippen molar-refractivity contribution in [2.75, 3.05) is 5.32 Å². The van der Waals surface area contributed by atoms with Crippen LogP contribution in [0.1, 0.15) is 42.3 Å². The van der Waals surface area contributed by atoms with Gasteiger partial charge >= 0.3 is 0 Å². The van der Waals surface area contributed by atoms with Crippen molar-refractivity contribution in [2.24, 2.45) is 0 Å². The van der Waals surface area contributed by atoms with Crippen LogP contribution in [0.4, 0.5) is 5.82 Å². The van der Waals surface area contributed by atoms with Gasteiger partial charge in [0, 0.05) is 0 Å². The van der Waals surface area contributed by atoms with Gasteiger partial charge in [-0.3, -0.25) is 0 Å². The molecule has 6 nitrogen and oxygen atoms in total. The van der Waals surface area contributed by atoms with Gasteiger partial charge in [0.05, 0.1) is 18.4 Å². The van der Waals surface area contributed by atoms with Crippen LogP contribution < -0.4 is 5.32 Å². The zero-order valence-electron chi connectivity index (χ0n) is 11.9. The first-order valence-corrected chi connectivity index (χ1v) is 6.63. The molecule has 0 saturated carbocycles. The van der Waals surface area contributed by atoms with Gasteiger partial charge in [-0.2, -0.15) is 10.4 Å². The van der Waals surface area contributed by atoms with Crippen molar-refractivity contribution < 1.29 is 4.42 Å². The molecule has 0 bridgehead atoms. The molecule has 0 aliphatic rings. The van der Waals surface area contributed by atoms with Crippen LogP contribution in [0.25, 0.3) is 0 Å². The highest BCUT2D eigenvalue weighted by Crippen LogP contribution is 2.20. The number of aryl methyl sites for hydroxylation is 2.